The second kappa shape index (κ2) is 7.37. The molecule has 7 nitrogen and oxygen atoms in total. The largest absolute Gasteiger partial charge is 0.333 e. The molecule has 0 radical (unpaired) electrons. The van der Waals surface area contributed by atoms with Crippen LogP contribution in [0.4, 0.5) is 8.78 Å². The number of halogens is 2. The smallest absolute Gasteiger partial charge is 0.255 e. The first-order valence-electron chi connectivity index (χ1n) is 10.1. The average Bonchev–Trinajstić information content (AvgIpc) is 3.27. The molecule has 2 aliphatic heterocycles. The number of hydrogen-bond donors (Lipinski definition) is 1. The van der Waals surface area contributed by atoms with Crippen molar-refractivity contribution in [2.45, 2.75) is 25.4 Å². The first-order chi connectivity index (χ1) is 15.3. The summed E-state index contributed by atoms with van der Waals surface area (Å²) in [5, 5.41) is 2.29. The third-order valence-electron chi connectivity index (χ3n) is 5.82. The molecule has 1 unspecified atom stereocenters. The highest BCUT2D eigenvalue weighted by Gasteiger charge is 2.39. The fraction of sp³-hybridized carbons (Fsp3) is 0.217. The number of carbonyl (C=O) groups is 3. The fourth-order valence-electron chi connectivity index (χ4n) is 4.29. The third kappa shape index (κ3) is 3.35. The van der Waals surface area contributed by atoms with Gasteiger partial charge < -0.3 is 9.47 Å². The van der Waals surface area contributed by atoms with Crippen molar-refractivity contribution in [2.75, 3.05) is 0 Å². The maximum absolute atomic E-state index is 13.6. The van der Waals surface area contributed by atoms with Crippen LogP contribution in [0.1, 0.15) is 28.8 Å². The predicted molar refractivity (Wildman–Crippen MR) is 110 cm³/mol. The summed E-state index contributed by atoms with van der Waals surface area (Å²) in [7, 11) is 1.73. The SMILES string of the molecule is Cn1cc(-c2ccc3c(c2)CN(C2CCC(=O)NC2=O)C3=O)nc1-c1cc(F)cc(F)c1. The lowest BCUT2D eigenvalue weighted by atomic mass is 10.0. The van der Waals surface area contributed by atoms with Crippen LogP contribution in [-0.2, 0) is 23.2 Å². The van der Waals surface area contributed by atoms with E-state index in [0.29, 0.717) is 29.1 Å². The number of imide groups is 1. The van der Waals surface area contributed by atoms with E-state index < -0.39 is 23.6 Å². The van der Waals surface area contributed by atoms with E-state index in [-0.39, 0.29) is 24.8 Å². The summed E-state index contributed by atoms with van der Waals surface area (Å²) in [5.74, 6) is -2.01. The second-order valence-corrected chi connectivity index (χ2v) is 7.99. The van der Waals surface area contributed by atoms with Crippen molar-refractivity contribution in [1.29, 1.82) is 0 Å². The highest BCUT2D eigenvalue weighted by molar-refractivity contribution is 6.05. The number of rotatable bonds is 3. The van der Waals surface area contributed by atoms with Gasteiger partial charge in [-0.25, -0.2) is 13.8 Å². The quantitative estimate of drug-likeness (QED) is 0.640. The van der Waals surface area contributed by atoms with E-state index >= 15 is 0 Å². The molecule has 9 heteroatoms. The van der Waals surface area contributed by atoms with Crippen LogP contribution in [0.2, 0.25) is 0 Å². The van der Waals surface area contributed by atoms with Crippen molar-refractivity contribution in [2.24, 2.45) is 7.05 Å². The van der Waals surface area contributed by atoms with Crippen LogP contribution in [0.3, 0.4) is 0 Å². The molecular weight excluding hydrogens is 418 g/mol. The highest BCUT2D eigenvalue weighted by Crippen LogP contribution is 2.32. The molecule has 0 saturated carbocycles. The maximum atomic E-state index is 13.6. The number of carbonyl (C=O) groups excluding carboxylic acids is 3. The molecule has 0 aliphatic carbocycles. The summed E-state index contributed by atoms with van der Waals surface area (Å²) in [6.45, 7) is 0.253. The fourth-order valence-corrected chi connectivity index (χ4v) is 4.29. The predicted octanol–water partition coefficient (Wildman–Crippen LogP) is 2.79. The van der Waals surface area contributed by atoms with Gasteiger partial charge >= 0.3 is 0 Å². The molecule has 3 amide bonds. The van der Waals surface area contributed by atoms with E-state index in [1.165, 1.54) is 17.0 Å². The molecule has 2 aromatic carbocycles. The molecule has 1 fully saturated rings. The monoisotopic (exact) mass is 436 g/mol. The Hall–Kier alpha value is -3.88. The summed E-state index contributed by atoms with van der Waals surface area (Å²) in [6.07, 6.45) is 2.23. The zero-order valence-electron chi connectivity index (χ0n) is 17.1. The molecule has 0 spiro atoms. The molecule has 32 heavy (non-hydrogen) atoms. The lowest BCUT2D eigenvalue weighted by molar-refractivity contribution is -0.136. The van der Waals surface area contributed by atoms with Gasteiger partial charge in [0, 0.05) is 49.0 Å². The Morgan fingerprint density at radius 2 is 1.78 bits per heavy atom. The number of fused-ring (bicyclic) bond motifs is 1. The first-order valence-corrected chi connectivity index (χ1v) is 10.1. The number of hydrogen-bond acceptors (Lipinski definition) is 4. The van der Waals surface area contributed by atoms with Crippen LogP contribution < -0.4 is 5.32 Å². The minimum Gasteiger partial charge on any atom is -0.333 e. The molecule has 1 atom stereocenters. The van der Waals surface area contributed by atoms with Gasteiger partial charge in [-0.15, -0.1) is 0 Å². The number of benzene rings is 2. The lowest BCUT2D eigenvalue weighted by Crippen LogP contribution is -2.52. The standard InChI is InChI=1S/C23H18F2N4O3/c1-28-11-18(26-21(28)13-7-15(24)9-16(25)8-13)12-2-3-17-14(6-12)10-29(23(17)32)19-4-5-20(30)27-22(19)31/h2-3,6-9,11,19H,4-5,10H2,1H3,(H,27,30,31). The zero-order valence-corrected chi connectivity index (χ0v) is 17.1. The van der Waals surface area contributed by atoms with Gasteiger partial charge in [0.2, 0.25) is 11.8 Å². The minimum absolute atomic E-state index is 0.194. The van der Waals surface area contributed by atoms with Gasteiger partial charge in [-0.05, 0) is 36.2 Å². The van der Waals surface area contributed by atoms with Gasteiger partial charge in [-0.3, -0.25) is 19.7 Å². The van der Waals surface area contributed by atoms with Gasteiger partial charge in [0.15, 0.2) is 0 Å². The number of aromatic nitrogens is 2. The second-order valence-electron chi connectivity index (χ2n) is 7.99. The molecule has 1 saturated heterocycles. The van der Waals surface area contributed by atoms with Crippen LogP contribution in [0.15, 0.2) is 42.6 Å². The molecule has 1 N–H and O–H groups in total. The Bertz CT molecular complexity index is 1280. The number of piperidine rings is 1. The van der Waals surface area contributed by atoms with Crippen LogP contribution in [-0.4, -0.2) is 38.2 Å². The lowest BCUT2D eigenvalue weighted by Gasteiger charge is -2.29. The Morgan fingerprint density at radius 3 is 2.50 bits per heavy atom. The van der Waals surface area contributed by atoms with Crippen LogP contribution >= 0.6 is 0 Å². The molecule has 1 aromatic heterocycles. The average molecular weight is 436 g/mol. The van der Waals surface area contributed by atoms with Crippen molar-refractivity contribution in [3.05, 3.63) is 65.4 Å². The number of nitrogens with one attached hydrogen (secondary N) is 1. The van der Waals surface area contributed by atoms with E-state index in [0.717, 1.165) is 17.2 Å². The number of imidazole rings is 1. The van der Waals surface area contributed by atoms with Crippen LogP contribution in [0, 0.1) is 11.6 Å². The van der Waals surface area contributed by atoms with Crippen LogP contribution in [0.5, 0.6) is 0 Å². The molecule has 0 bridgehead atoms. The summed E-state index contributed by atoms with van der Waals surface area (Å²) in [6, 6.07) is 7.83. The Labute approximate surface area is 181 Å². The van der Waals surface area contributed by atoms with E-state index in [1.54, 1.807) is 29.9 Å². The van der Waals surface area contributed by atoms with E-state index in [4.69, 9.17) is 0 Å². The summed E-state index contributed by atoms with van der Waals surface area (Å²) in [4.78, 5) is 42.5. The van der Waals surface area contributed by atoms with Crippen molar-refractivity contribution in [1.82, 2.24) is 19.8 Å². The molecule has 3 heterocycles. The zero-order chi connectivity index (χ0) is 22.6. The molecule has 3 aromatic rings. The van der Waals surface area contributed by atoms with Crippen molar-refractivity contribution in [3.8, 4) is 22.6 Å². The Kier molecular flexibility index (Phi) is 4.61. The Morgan fingerprint density at radius 1 is 1.03 bits per heavy atom. The summed E-state index contributed by atoms with van der Waals surface area (Å²) < 4.78 is 29.0. The van der Waals surface area contributed by atoms with Crippen LogP contribution in [0.25, 0.3) is 22.6 Å². The maximum Gasteiger partial charge on any atom is 0.255 e. The first kappa shape index (κ1) is 20.0. The molecule has 2 aliphatic rings. The summed E-state index contributed by atoms with van der Waals surface area (Å²) >= 11 is 0. The van der Waals surface area contributed by atoms with Gasteiger partial charge in [-0.2, -0.15) is 0 Å². The molecule has 5 rings (SSSR count). The number of amides is 3. The highest BCUT2D eigenvalue weighted by atomic mass is 19.1. The van der Waals surface area contributed by atoms with Gasteiger partial charge in [-0.1, -0.05) is 6.07 Å². The molecule has 162 valence electrons. The molecular formula is C23H18F2N4O3. The topological polar surface area (TPSA) is 84.3 Å². The Balaban J connectivity index is 1.45. The number of nitrogens with zero attached hydrogens (tertiary/aromatic N) is 3. The van der Waals surface area contributed by atoms with Crippen molar-refractivity contribution in [3.63, 3.8) is 0 Å². The van der Waals surface area contributed by atoms with E-state index in [9.17, 15) is 23.2 Å². The third-order valence-corrected chi connectivity index (χ3v) is 5.82. The summed E-state index contributed by atoms with van der Waals surface area (Å²) in [5.41, 5.74) is 2.89. The van der Waals surface area contributed by atoms with Crippen molar-refractivity contribution < 1.29 is 23.2 Å². The van der Waals surface area contributed by atoms with E-state index in [1.807, 2.05) is 6.07 Å². The minimum atomic E-state index is -0.686. The number of aryl methyl sites for hydroxylation is 1. The van der Waals surface area contributed by atoms with Crippen molar-refractivity contribution >= 4 is 17.7 Å². The van der Waals surface area contributed by atoms with Gasteiger partial charge in [0.1, 0.15) is 23.5 Å². The van der Waals surface area contributed by atoms with E-state index in [2.05, 4.69) is 10.3 Å². The van der Waals surface area contributed by atoms with Gasteiger partial charge in [0.25, 0.3) is 5.91 Å². The normalized spacial score (nSPS) is 18.2. The van der Waals surface area contributed by atoms with Gasteiger partial charge in [0.05, 0.1) is 5.69 Å².